The van der Waals surface area contributed by atoms with E-state index in [4.69, 9.17) is 19.8 Å². The first kappa shape index (κ1) is 14.3. The third-order valence-corrected chi connectivity index (χ3v) is 2.14. The minimum absolute atomic E-state index is 0.0268. The van der Waals surface area contributed by atoms with Gasteiger partial charge in [0, 0.05) is 6.07 Å². The highest BCUT2D eigenvalue weighted by atomic mass is 16.5. The fourth-order valence-corrected chi connectivity index (χ4v) is 1.26. The van der Waals surface area contributed by atoms with E-state index in [1.54, 1.807) is 6.07 Å². The number of nitrogens with zero attached hydrogens (tertiary/aromatic N) is 1. The van der Waals surface area contributed by atoms with Crippen molar-refractivity contribution < 1.29 is 24.2 Å². The van der Waals surface area contributed by atoms with Crippen molar-refractivity contribution in [2.24, 2.45) is 0 Å². The molecule has 0 spiro atoms. The van der Waals surface area contributed by atoms with Gasteiger partial charge in [-0.1, -0.05) is 0 Å². The van der Waals surface area contributed by atoms with Gasteiger partial charge in [0.15, 0.2) is 6.61 Å². The van der Waals surface area contributed by atoms with Gasteiger partial charge in [-0.2, -0.15) is 5.26 Å². The van der Waals surface area contributed by atoms with Gasteiger partial charge in [-0.3, -0.25) is 4.79 Å². The van der Waals surface area contributed by atoms with Crippen LogP contribution >= 0.6 is 0 Å². The molecule has 0 heterocycles. The summed E-state index contributed by atoms with van der Waals surface area (Å²) < 4.78 is 10.1. The number of methoxy groups -OCH3 is 1. The fraction of sp³-hybridized carbons (Fsp3) is 0.250. The summed E-state index contributed by atoms with van der Waals surface area (Å²) in [4.78, 5) is 22.2. The predicted octanol–water partition coefficient (Wildman–Crippen LogP) is 0.412. The molecule has 1 aromatic carbocycles. The lowest BCUT2D eigenvalue weighted by Crippen LogP contribution is -2.29. The maximum Gasteiger partial charge on any atom is 0.339 e. The number of hydrogen-bond acceptors (Lipinski definition) is 5. The monoisotopic (exact) mass is 264 g/mol. The second-order valence-electron chi connectivity index (χ2n) is 3.39. The molecule has 0 aliphatic carbocycles. The number of carboxylic acids is 1. The van der Waals surface area contributed by atoms with E-state index < -0.39 is 11.9 Å². The third-order valence-electron chi connectivity index (χ3n) is 2.14. The van der Waals surface area contributed by atoms with Gasteiger partial charge < -0.3 is 19.9 Å². The largest absolute Gasteiger partial charge is 0.497 e. The first-order valence-corrected chi connectivity index (χ1v) is 5.26. The zero-order valence-corrected chi connectivity index (χ0v) is 10.2. The molecular weight excluding hydrogens is 252 g/mol. The molecule has 0 saturated carbocycles. The molecule has 0 saturated heterocycles. The molecule has 100 valence electrons. The Labute approximate surface area is 109 Å². The Hall–Kier alpha value is -2.75. The van der Waals surface area contributed by atoms with Gasteiger partial charge in [-0.15, -0.1) is 0 Å². The van der Waals surface area contributed by atoms with E-state index in [2.05, 4.69) is 5.32 Å². The number of carbonyl (C=O) groups is 2. The fourth-order valence-electron chi connectivity index (χ4n) is 1.26. The smallest absolute Gasteiger partial charge is 0.339 e. The summed E-state index contributed by atoms with van der Waals surface area (Å²) in [5.74, 6) is -1.24. The zero-order valence-electron chi connectivity index (χ0n) is 10.2. The van der Waals surface area contributed by atoms with Crippen LogP contribution in [0.1, 0.15) is 10.4 Å². The van der Waals surface area contributed by atoms with Gasteiger partial charge in [0.05, 0.1) is 13.2 Å². The Bertz CT molecular complexity index is 521. The number of hydrogen-bond donors (Lipinski definition) is 2. The van der Waals surface area contributed by atoms with E-state index >= 15 is 0 Å². The number of carbonyl (C=O) groups excluding carboxylic acids is 1. The molecule has 1 amide bonds. The van der Waals surface area contributed by atoms with Crippen molar-refractivity contribution in [3.63, 3.8) is 0 Å². The second-order valence-corrected chi connectivity index (χ2v) is 3.39. The lowest BCUT2D eigenvalue weighted by atomic mass is 10.2. The SMILES string of the molecule is COc1ccc(C(=O)O)c(OCC(=O)NCC#N)c1. The van der Waals surface area contributed by atoms with Gasteiger partial charge in [0.25, 0.3) is 5.91 Å². The van der Waals surface area contributed by atoms with Gasteiger partial charge in [-0.05, 0) is 12.1 Å². The normalized spacial score (nSPS) is 9.26. The average molecular weight is 264 g/mol. The zero-order chi connectivity index (χ0) is 14.3. The van der Waals surface area contributed by atoms with Gasteiger partial charge in [0.2, 0.25) is 0 Å². The standard InChI is InChI=1S/C12H12N2O5/c1-18-8-2-3-9(12(16)17)10(6-8)19-7-11(15)14-5-4-13/h2-3,6H,5,7H2,1H3,(H,14,15)(H,16,17). The maximum absolute atomic E-state index is 11.2. The molecule has 0 atom stereocenters. The Morgan fingerprint density at radius 2 is 2.21 bits per heavy atom. The molecule has 0 aromatic heterocycles. The number of rotatable bonds is 6. The van der Waals surface area contributed by atoms with Crippen LogP contribution in [0.3, 0.4) is 0 Å². The van der Waals surface area contributed by atoms with Crippen LogP contribution in [0.15, 0.2) is 18.2 Å². The van der Waals surface area contributed by atoms with Gasteiger partial charge in [-0.25, -0.2) is 4.79 Å². The van der Waals surface area contributed by atoms with Crippen LogP contribution in [0.2, 0.25) is 0 Å². The molecular formula is C12H12N2O5. The average Bonchev–Trinajstić information content (AvgIpc) is 2.42. The topological polar surface area (TPSA) is 109 Å². The molecule has 19 heavy (non-hydrogen) atoms. The van der Waals surface area contributed by atoms with E-state index in [1.165, 1.54) is 25.3 Å². The lowest BCUT2D eigenvalue weighted by molar-refractivity contribution is -0.122. The van der Waals surface area contributed by atoms with Crippen molar-refractivity contribution in [1.29, 1.82) is 5.26 Å². The van der Waals surface area contributed by atoms with Gasteiger partial charge >= 0.3 is 5.97 Å². The minimum Gasteiger partial charge on any atom is -0.497 e. The molecule has 2 N–H and O–H groups in total. The van der Waals surface area contributed by atoms with E-state index in [0.29, 0.717) is 5.75 Å². The van der Waals surface area contributed by atoms with Crippen molar-refractivity contribution in [3.8, 4) is 17.6 Å². The summed E-state index contributed by atoms with van der Waals surface area (Å²) in [5.41, 5.74) is -0.0751. The van der Waals surface area contributed by atoms with E-state index in [0.717, 1.165) is 0 Å². The number of nitrogens with one attached hydrogen (secondary N) is 1. The molecule has 0 aliphatic rings. The van der Waals surface area contributed by atoms with Crippen LogP contribution in [0.25, 0.3) is 0 Å². The summed E-state index contributed by atoms with van der Waals surface area (Å²) >= 11 is 0. The molecule has 0 bridgehead atoms. The van der Waals surface area contributed by atoms with Crippen LogP contribution < -0.4 is 14.8 Å². The maximum atomic E-state index is 11.2. The number of aromatic carboxylic acids is 1. The van der Waals surface area contributed by atoms with Crippen LogP contribution in [0.4, 0.5) is 0 Å². The highest BCUT2D eigenvalue weighted by molar-refractivity contribution is 5.91. The molecule has 0 unspecified atom stereocenters. The van der Waals surface area contributed by atoms with Crippen molar-refractivity contribution in [3.05, 3.63) is 23.8 Å². The summed E-state index contributed by atoms with van der Waals surface area (Å²) in [6.45, 7) is -0.513. The molecule has 1 rings (SSSR count). The number of benzene rings is 1. The first-order chi connectivity index (χ1) is 9.08. The van der Waals surface area contributed by atoms with Crippen molar-refractivity contribution in [2.75, 3.05) is 20.3 Å². The molecule has 0 aliphatic heterocycles. The predicted molar refractivity (Wildman–Crippen MR) is 64.1 cm³/mol. The summed E-state index contributed by atoms with van der Waals surface area (Å²) in [6.07, 6.45) is 0. The Kier molecular flexibility index (Phi) is 5.17. The Balaban J connectivity index is 2.78. The van der Waals surface area contributed by atoms with Crippen LogP contribution in [0, 0.1) is 11.3 Å². The van der Waals surface area contributed by atoms with Crippen molar-refractivity contribution in [1.82, 2.24) is 5.32 Å². The number of ether oxygens (including phenoxy) is 2. The second kappa shape index (κ2) is 6.86. The molecule has 1 aromatic rings. The highest BCUT2D eigenvalue weighted by Crippen LogP contribution is 2.24. The minimum atomic E-state index is -1.17. The molecule has 7 nitrogen and oxygen atoms in total. The summed E-state index contributed by atoms with van der Waals surface area (Å²) in [5, 5.41) is 19.5. The Morgan fingerprint density at radius 3 is 2.79 bits per heavy atom. The van der Waals surface area contributed by atoms with Crippen LogP contribution in [0.5, 0.6) is 11.5 Å². The van der Waals surface area contributed by atoms with Gasteiger partial charge in [0.1, 0.15) is 23.6 Å². The van der Waals surface area contributed by atoms with Crippen molar-refractivity contribution >= 4 is 11.9 Å². The lowest BCUT2D eigenvalue weighted by Gasteiger charge is -2.10. The van der Waals surface area contributed by atoms with E-state index in [1.807, 2.05) is 0 Å². The summed E-state index contributed by atoms with van der Waals surface area (Å²) in [7, 11) is 1.43. The molecule has 7 heteroatoms. The third kappa shape index (κ3) is 4.20. The highest BCUT2D eigenvalue weighted by Gasteiger charge is 2.13. The number of carboxylic acid groups (broad SMARTS) is 1. The van der Waals surface area contributed by atoms with Crippen molar-refractivity contribution in [2.45, 2.75) is 0 Å². The number of amides is 1. The first-order valence-electron chi connectivity index (χ1n) is 5.26. The van der Waals surface area contributed by atoms with Crippen LogP contribution in [-0.4, -0.2) is 37.2 Å². The van der Waals surface area contributed by atoms with E-state index in [-0.39, 0.29) is 24.5 Å². The molecule has 0 fully saturated rings. The quantitative estimate of drug-likeness (QED) is 0.720. The van der Waals surface area contributed by atoms with E-state index in [9.17, 15) is 9.59 Å². The van der Waals surface area contributed by atoms with Crippen LogP contribution in [-0.2, 0) is 4.79 Å². The molecule has 0 radical (unpaired) electrons. The number of nitriles is 1. The Morgan fingerprint density at radius 1 is 1.47 bits per heavy atom. The summed E-state index contributed by atoms with van der Waals surface area (Å²) in [6, 6.07) is 5.92.